The van der Waals surface area contributed by atoms with Crippen LogP contribution in [0.25, 0.3) is 0 Å². The van der Waals surface area contributed by atoms with Gasteiger partial charge in [-0.15, -0.1) is 0 Å². The van der Waals surface area contributed by atoms with Crippen LogP contribution in [0.3, 0.4) is 0 Å². The number of hydrogen-bond acceptors (Lipinski definition) is 3. The van der Waals surface area contributed by atoms with Gasteiger partial charge in [0.2, 0.25) is 0 Å². The smallest absolute Gasteiger partial charge is 0.327 e. The van der Waals surface area contributed by atoms with Crippen LogP contribution in [-0.2, 0) is 4.79 Å². The number of hydrogen-bond donors (Lipinski definition) is 4. The van der Waals surface area contributed by atoms with E-state index in [2.05, 4.69) is 23.3 Å². The van der Waals surface area contributed by atoms with Crippen molar-refractivity contribution in [3.05, 3.63) is 30.3 Å². The van der Waals surface area contributed by atoms with E-state index in [1.165, 1.54) is 0 Å². The largest absolute Gasteiger partial charge is 0.480 e. The highest BCUT2D eigenvalue weighted by Crippen LogP contribution is 2.04. The topological polar surface area (TPSA) is 61.4 Å². The first kappa shape index (κ1) is 12.8. The molecular weight excluding hydrogens is 244 g/mol. The van der Waals surface area contributed by atoms with Crippen molar-refractivity contribution in [1.82, 2.24) is 5.32 Å². The van der Waals surface area contributed by atoms with E-state index in [1.807, 2.05) is 30.3 Å². The minimum atomic E-state index is -0.979. The summed E-state index contributed by atoms with van der Waals surface area (Å²) in [6.45, 7) is 0. The molecule has 1 rings (SSSR count). The Labute approximate surface area is 104 Å². The lowest BCUT2D eigenvalue weighted by molar-refractivity contribution is -0.138. The standard InChI is InChI=1S/C10H12N2O2S2/c13-9(14)8(6-15)12-10(16)11-7-4-2-1-3-5-7/h1-5,8,15H,6H2,(H,13,14)(H2,11,12,16)/t8-/m0/s1. The maximum absolute atomic E-state index is 10.7. The number of carbonyl (C=O) groups is 1. The van der Waals surface area contributed by atoms with Crippen molar-refractivity contribution in [3.8, 4) is 0 Å². The van der Waals surface area contributed by atoms with Gasteiger partial charge >= 0.3 is 5.97 Å². The molecule has 0 aromatic heterocycles. The molecule has 0 saturated carbocycles. The van der Waals surface area contributed by atoms with E-state index in [0.29, 0.717) is 0 Å². The SMILES string of the molecule is O=C(O)[C@H](CS)NC(=S)Nc1ccccc1. The molecule has 0 unspecified atom stereocenters. The van der Waals surface area contributed by atoms with Crippen LogP contribution in [0.1, 0.15) is 0 Å². The summed E-state index contributed by atoms with van der Waals surface area (Å²) in [4.78, 5) is 10.7. The zero-order valence-corrected chi connectivity index (χ0v) is 10.1. The Hall–Kier alpha value is -1.27. The second-order valence-electron chi connectivity index (χ2n) is 3.04. The van der Waals surface area contributed by atoms with Gasteiger partial charge in [-0.25, -0.2) is 4.79 Å². The Balaban J connectivity index is 2.50. The van der Waals surface area contributed by atoms with Gasteiger partial charge in [-0.1, -0.05) is 18.2 Å². The number of carboxylic acid groups (broad SMARTS) is 1. The quantitative estimate of drug-likeness (QED) is 0.484. The summed E-state index contributed by atoms with van der Waals surface area (Å²) in [6, 6.07) is 8.49. The molecule has 0 heterocycles. The van der Waals surface area contributed by atoms with Crippen LogP contribution >= 0.6 is 24.8 Å². The molecule has 4 nitrogen and oxygen atoms in total. The van der Waals surface area contributed by atoms with E-state index in [4.69, 9.17) is 17.3 Å². The predicted molar refractivity (Wildman–Crippen MR) is 71.1 cm³/mol. The van der Waals surface area contributed by atoms with Gasteiger partial charge in [-0.05, 0) is 24.4 Å². The zero-order valence-electron chi connectivity index (χ0n) is 8.38. The molecule has 16 heavy (non-hydrogen) atoms. The van der Waals surface area contributed by atoms with Gasteiger partial charge in [0.25, 0.3) is 0 Å². The van der Waals surface area contributed by atoms with Crippen molar-refractivity contribution in [2.45, 2.75) is 6.04 Å². The van der Waals surface area contributed by atoms with Crippen molar-refractivity contribution in [2.24, 2.45) is 0 Å². The second-order valence-corrected chi connectivity index (χ2v) is 3.81. The number of rotatable bonds is 4. The summed E-state index contributed by atoms with van der Waals surface area (Å²) in [7, 11) is 0. The molecule has 0 spiro atoms. The molecule has 0 fully saturated rings. The van der Waals surface area contributed by atoms with Crippen molar-refractivity contribution in [1.29, 1.82) is 0 Å². The zero-order chi connectivity index (χ0) is 12.0. The Morgan fingerprint density at radius 3 is 2.56 bits per heavy atom. The molecule has 0 bridgehead atoms. The van der Waals surface area contributed by atoms with Gasteiger partial charge in [0.05, 0.1) is 0 Å². The lowest BCUT2D eigenvalue weighted by Gasteiger charge is -2.15. The van der Waals surface area contributed by atoms with E-state index in [9.17, 15) is 4.79 Å². The second kappa shape index (κ2) is 6.34. The molecule has 3 N–H and O–H groups in total. The van der Waals surface area contributed by atoms with E-state index in [-0.39, 0.29) is 10.9 Å². The first-order valence-electron chi connectivity index (χ1n) is 4.59. The maximum atomic E-state index is 10.7. The third-order valence-corrected chi connectivity index (χ3v) is 2.40. The summed E-state index contributed by atoms with van der Waals surface area (Å²) in [5.74, 6) is -0.807. The lowest BCUT2D eigenvalue weighted by atomic mass is 10.3. The Morgan fingerprint density at radius 1 is 1.44 bits per heavy atom. The van der Waals surface area contributed by atoms with E-state index in [1.54, 1.807) is 0 Å². The van der Waals surface area contributed by atoms with Gasteiger partial charge in [0.1, 0.15) is 6.04 Å². The maximum Gasteiger partial charge on any atom is 0.327 e. The Kier molecular flexibility index (Phi) is 5.07. The number of thiocarbonyl (C=S) groups is 1. The number of nitrogens with one attached hydrogen (secondary N) is 2. The fourth-order valence-electron chi connectivity index (χ4n) is 1.03. The van der Waals surface area contributed by atoms with E-state index >= 15 is 0 Å². The molecule has 0 amide bonds. The lowest BCUT2D eigenvalue weighted by Crippen LogP contribution is -2.44. The molecule has 1 atom stereocenters. The molecule has 0 aliphatic rings. The van der Waals surface area contributed by atoms with Crippen LogP contribution in [0.4, 0.5) is 5.69 Å². The number of aliphatic carboxylic acids is 1. The number of anilines is 1. The van der Waals surface area contributed by atoms with Crippen LogP contribution in [0.15, 0.2) is 30.3 Å². The highest BCUT2D eigenvalue weighted by molar-refractivity contribution is 7.80. The summed E-state index contributed by atoms with van der Waals surface area (Å²) < 4.78 is 0. The molecule has 0 saturated heterocycles. The summed E-state index contributed by atoms with van der Waals surface area (Å²) in [5.41, 5.74) is 0.809. The number of benzene rings is 1. The van der Waals surface area contributed by atoms with Crippen LogP contribution in [0, 0.1) is 0 Å². The van der Waals surface area contributed by atoms with Crippen molar-refractivity contribution >= 4 is 41.6 Å². The first-order chi connectivity index (χ1) is 7.63. The first-order valence-corrected chi connectivity index (χ1v) is 5.64. The third kappa shape index (κ3) is 4.08. The number of carboxylic acids is 1. The van der Waals surface area contributed by atoms with Gasteiger partial charge in [-0.2, -0.15) is 12.6 Å². The van der Waals surface area contributed by atoms with Crippen molar-refractivity contribution in [2.75, 3.05) is 11.1 Å². The number of thiol groups is 1. The monoisotopic (exact) mass is 256 g/mol. The Morgan fingerprint density at radius 2 is 2.06 bits per heavy atom. The molecule has 6 heteroatoms. The Bertz CT molecular complexity index is 370. The highest BCUT2D eigenvalue weighted by Gasteiger charge is 2.15. The van der Waals surface area contributed by atoms with Gasteiger partial charge < -0.3 is 15.7 Å². The average molecular weight is 256 g/mol. The fraction of sp³-hybridized carbons (Fsp3) is 0.200. The summed E-state index contributed by atoms with van der Waals surface area (Å²) >= 11 is 8.90. The molecule has 1 aromatic rings. The van der Waals surface area contributed by atoms with Crippen LogP contribution in [0.2, 0.25) is 0 Å². The van der Waals surface area contributed by atoms with E-state index in [0.717, 1.165) is 5.69 Å². The van der Waals surface area contributed by atoms with Crippen LogP contribution in [0.5, 0.6) is 0 Å². The fourth-order valence-corrected chi connectivity index (χ4v) is 1.54. The molecule has 0 aliphatic carbocycles. The average Bonchev–Trinajstić information content (AvgIpc) is 2.27. The third-order valence-electron chi connectivity index (χ3n) is 1.82. The normalized spacial score (nSPS) is 11.6. The highest BCUT2D eigenvalue weighted by atomic mass is 32.1. The summed E-state index contributed by atoms with van der Waals surface area (Å²) in [6.07, 6.45) is 0. The van der Waals surface area contributed by atoms with Gasteiger partial charge in [0, 0.05) is 11.4 Å². The summed E-state index contributed by atoms with van der Waals surface area (Å²) in [5, 5.41) is 14.6. The minimum absolute atomic E-state index is 0.173. The number of para-hydroxylation sites is 1. The molecule has 1 aromatic carbocycles. The minimum Gasteiger partial charge on any atom is -0.480 e. The molecule has 86 valence electrons. The van der Waals surface area contributed by atoms with Crippen molar-refractivity contribution in [3.63, 3.8) is 0 Å². The molecular formula is C10H12N2O2S2. The molecule has 0 radical (unpaired) electrons. The predicted octanol–water partition coefficient (Wildman–Crippen LogP) is 1.36. The molecule has 0 aliphatic heterocycles. The van der Waals surface area contributed by atoms with Gasteiger partial charge in [-0.3, -0.25) is 0 Å². The van der Waals surface area contributed by atoms with Gasteiger partial charge in [0.15, 0.2) is 5.11 Å². The van der Waals surface area contributed by atoms with Crippen molar-refractivity contribution < 1.29 is 9.90 Å². The van der Waals surface area contributed by atoms with Crippen LogP contribution < -0.4 is 10.6 Å². The van der Waals surface area contributed by atoms with Crippen LogP contribution in [-0.4, -0.2) is 28.0 Å². The van der Waals surface area contributed by atoms with E-state index < -0.39 is 12.0 Å².